The van der Waals surface area contributed by atoms with Gasteiger partial charge in [-0.25, -0.2) is 13.6 Å². The Morgan fingerprint density at radius 3 is 2.16 bits per heavy atom. The van der Waals surface area contributed by atoms with E-state index < -0.39 is 40.3 Å². The molecule has 0 saturated heterocycles. The van der Waals surface area contributed by atoms with Crippen LogP contribution in [0.15, 0.2) is 48.5 Å². The number of hydrogen-bond acceptors (Lipinski definition) is 5. The van der Waals surface area contributed by atoms with Crippen molar-refractivity contribution in [2.45, 2.75) is 13.3 Å². The van der Waals surface area contributed by atoms with Gasteiger partial charge in [0.05, 0.1) is 6.61 Å². The number of benzene rings is 3. The van der Waals surface area contributed by atoms with Gasteiger partial charge < -0.3 is 9.47 Å². The van der Waals surface area contributed by atoms with Crippen LogP contribution in [0, 0.1) is 40.1 Å². The van der Waals surface area contributed by atoms with E-state index in [4.69, 9.17) is 20.0 Å². The lowest BCUT2D eigenvalue weighted by atomic mass is 10.0. The lowest BCUT2D eigenvalue weighted by molar-refractivity contribution is 0.0502. The van der Waals surface area contributed by atoms with E-state index in [2.05, 4.69) is 0 Å². The number of rotatable bonds is 6. The maximum Gasteiger partial charge on any atom is 0.341 e. The number of para-hydroxylation sites is 1. The predicted octanol–water partition coefficient (Wildman–Crippen LogP) is 5.87. The quantitative estimate of drug-likeness (QED) is 0.356. The van der Waals surface area contributed by atoms with E-state index in [9.17, 15) is 18.0 Å². The lowest BCUT2D eigenvalue weighted by Gasteiger charge is -2.17. The van der Waals surface area contributed by atoms with Crippen molar-refractivity contribution in [1.82, 2.24) is 0 Å². The lowest BCUT2D eigenvalue weighted by Crippen LogP contribution is -2.10. The molecule has 0 bridgehead atoms. The van der Waals surface area contributed by atoms with E-state index in [1.54, 1.807) is 43.3 Å². The van der Waals surface area contributed by atoms with Crippen LogP contribution in [0.4, 0.5) is 13.2 Å². The van der Waals surface area contributed by atoms with E-state index in [0.717, 1.165) is 0 Å². The third kappa shape index (κ3) is 4.12. The first kappa shape index (κ1) is 22.4. The molecule has 32 heavy (non-hydrogen) atoms. The van der Waals surface area contributed by atoms with Gasteiger partial charge in [0, 0.05) is 5.56 Å². The Morgan fingerprint density at radius 1 is 0.875 bits per heavy atom. The summed E-state index contributed by atoms with van der Waals surface area (Å²) in [6.45, 7) is 1.89. The van der Waals surface area contributed by atoms with Gasteiger partial charge >= 0.3 is 5.97 Å². The molecule has 3 aromatic carbocycles. The van der Waals surface area contributed by atoms with Crippen LogP contribution in [-0.4, -0.2) is 12.6 Å². The largest absolute Gasteiger partial charge is 0.462 e. The van der Waals surface area contributed by atoms with Crippen molar-refractivity contribution in [3.63, 3.8) is 0 Å². The average molecular weight is 436 g/mol. The second-order valence-corrected chi connectivity index (χ2v) is 6.53. The van der Waals surface area contributed by atoms with Gasteiger partial charge in [0.1, 0.15) is 34.6 Å². The fourth-order valence-electron chi connectivity index (χ4n) is 2.97. The Hall–Kier alpha value is -4.30. The van der Waals surface area contributed by atoms with Gasteiger partial charge in [-0.15, -0.1) is 0 Å². The Morgan fingerprint density at radius 2 is 1.53 bits per heavy atom. The van der Waals surface area contributed by atoms with Crippen molar-refractivity contribution in [2.24, 2.45) is 0 Å². The van der Waals surface area contributed by atoms with E-state index in [0.29, 0.717) is 12.0 Å². The van der Waals surface area contributed by atoms with Crippen LogP contribution in [0.3, 0.4) is 0 Å². The summed E-state index contributed by atoms with van der Waals surface area (Å²) >= 11 is 0. The van der Waals surface area contributed by atoms with Gasteiger partial charge in [-0.1, -0.05) is 49.4 Å². The molecule has 0 atom stereocenters. The van der Waals surface area contributed by atoms with Crippen molar-refractivity contribution >= 4 is 5.97 Å². The SMILES string of the molecule is CCCOC(=O)c1cccc(-c2ccccc2)c1Oc1c(F)c(F)c(C#N)c(C#N)c1F. The van der Waals surface area contributed by atoms with Crippen LogP contribution in [0.1, 0.15) is 34.8 Å². The van der Waals surface area contributed by atoms with Crippen LogP contribution >= 0.6 is 0 Å². The molecule has 5 nitrogen and oxygen atoms in total. The molecule has 3 aromatic rings. The molecule has 8 heteroatoms. The first-order valence-corrected chi connectivity index (χ1v) is 9.48. The van der Waals surface area contributed by atoms with E-state index >= 15 is 0 Å². The molecule has 0 heterocycles. The van der Waals surface area contributed by atoms with Gasteiger partial charge in [0.15, 0.2) is 11.6 Å². The van der Waals surface area contributed by atoms with Crippen LogP contribution in [-0.2, 0) is 4.74 Å². The number of halogens is 3. The molecule has 0 fully saturated rings. The first-order chi connectivity index (χ1) is 15.4. The van der Waals surface area contributed by atoms with Gasteiger partial charge in [-0.05, 0) is 18.1 Å². The minimum atomic E-state index is -1.80. The van der Waals surface area contributed by atoms with Gasteiger partial charge in [0.25, 0.3) is 0 Å². The maximum atomic E-state index is 14.9. The summed E-state index contributed by atoms with van der Waals surface area (Å²) in [4.78, 5) is 12.6. The number of nitrogens with zero attached hydrogens (tertiary/aromatic N) is 2. The third-order valence-corrected chi connectivity index (χ3v) is 4.47. The highest BCUT2D eigenvalue weighted by molar-refractivity contribution is 5.96. The van der Waals surface area contributed by atoms with Crippen molar-refractivity contribution in [1.29, 1.82) is 10.5 Å². The second kappa shape index (κ2) is 9.67. The van der Waals surface area contributed by atoms with Crippen molar-refractivity contribution in [2.75, 3.05) is 6.61 Å². The van der Waals surface area contributed by atoms with Crippen molar-refractivity contribution < 1.29 is 27.4 Å². The van der Waals surface area contributed by atoms with Crippen LogP contribution < -0.4 is 4.74 Å². The molecule has 0 unspecified atom stereocenters. The number of carbonyl (C=O) groups is 1. The molecule has 160 valence electrons. The van der Waals surface area contributed by atoms with Crippen LogP contribution in [0.25, 0.3) is 11.1 Å². The molecule has 0 aromatic heterocycles. The zero-order chi connectivity index (χ0) is 23.3. The zero-order valence-electron chi connectivity index (χ0n) is 16.8. The summed E-state index contributed by atoms with van der Waals surface area (Å²) in [7, 11) is 0. The Labute approximate surface area is 181 Å². The summed E-state index contributed by atoms with van der Waals surface area (Å²) in [6.07, 6.45) is 0.538. The zero-order valence-corrected chi connectivity index (χ0v) is 16.8. The Balaban J connectivity index is 2.26. The Bertz CT molecular complexity index is 1260. The van der Waals surface area contributed by atoms with E-state index in [-0.39, 0.29) is 23.5 Å². The summed E-state index contributed by atoms with van der Waals surface area (Å²) in [6, 6.07) is 15.5. The molecule has 0 saturated carbocycles. The van der Waals surface area contributed by atoms with Crippen molar-refractivity contribution in [3.8, 4) is 34.8 Å². The molecule has 0 aliphatic rings. The fraction of sp³-hybridized carbons (Fsp3) is 0.125. The van der Waals surface area contributed by atoms with Crippen molar-refractivity contribution in [3.05, 3.63) is 82.7 Å². The minimum absolute atomic E-state index is 0.0979. The molecule has 0 spiro atoms. The van der Waals surface area contributed by atoms with Gasteiger partial charge in [0.2, 0.25) is 11.6 Å². The van der Waals surface area contributed by atoms with Crippen LogP contribution in [0.5, 0.6) is 11.5 Å². The molecule has 0 N–H and O–H groups in total. The monoisotopic (exact) mass is 436 g/mol. The third-order valence-electron chi connectivity index (χ3n) is 4.47. The minimum Gasteiger partial charge on any atom is -0.462 e. The summed E-state index contributed by atoms with van der Waals surface area (Å²) < 4.78 is 54.5. The molecule has 0 radical (unpaired) electrons. The number of carbonyl (C=O) groups excluding carboxylic acids is 1. The molecule has 3 rings (SSSR count). The fourth-order valence-corrected chi connectivity index (χ4v) is 2.97. The molecule has 0 aliphatic heterocycles. The number of esters is 1. The second-order valence-electron chi connectivity index (χ2n) is 6.53. The number of hydrogen-bond donors (Lipinski definition) is 0. The molecular weight excluding hydrogens is 421 g/mol. The Kier molecular flexibility index (Phi) is 6.77. The standard InChI is InChI=1S/C24H15F3N2O3/c1-2-11-31-24(30)16-10-6-9-15(14-7-4-3-5-8-14)22(16)32-23-20(26)18(13-29)17(12-28)19(25)21(23)27/h3-10H,2,11H2,1H3. The predicted molar refractivity (Wildman–Crippen MR) is 108 cm³/mol. The van der Waals surface area contributed by atoms with E-state index in [1.807, 2.05) is 0 Å². The number of nitriles is 2. The summed E-state index contributed by atoms with van der Waals surface area (Å²) in [5.74, 6) is -7.42. The smallest absolute Gasteiger partial charge is 0.341 e. The molecule has 0 aliphatic carbocycles. The number of ether oxygens (including phenoxy) is 2. The topological polar surface area (TPSA) is 83.1 Å². The molecule has 0 amide bonds. The average Bonchev–Trinajstić information content (AvgIpc) is 2.82. The van der Waals surface area contributed by atoms with Gasteiger partial charge in [-0.2, -0.15) is 14.9 Å². The molecular formula is C24H15F3N2O3. The van der Waals surface area contributed by atoms with Gasteiger partial charge in [-0.3, -0.25) is 0 Å². The summed E-state index contributed by atoms with van der Waals surface area (Å²) in [5.41, 5.74) is -1.41. The maximum absolute atomic E-state index is 14.9. The normalized spacial score (nSPS) is 10.2. The highest BCUT2D eigenvalue weighted by Gasteiger charge is 2.29. The highest BCUT2D eigenvalue weighted by atomic mass is 19.2. The van der Waals surface area contributed by atoms with Crippen LogP contribution in [0.2, 0.25) is 0 Å². The summed E-state index contributed by atoms with van der Waals surface area (Å²) in [5, 5.41) is 18.1. The highest BCUT2D eigenvalue weighted by Crippen LogP contribution is 2.40. The van der Waals surface area contributed by atoms with E-state index in [1.165, 1.54) is 24.3 Å². The first-order valence-electron chi connectivity index (χ1n) is 9.48.